The van der Waals surface area contributed by atoms with Crippen LogP contribution in [0.2, 0.25) is 0 Å². The molecule has 8 nitrogen and oxygen atoms in total. The first-order valence-electron chi connectivity index (χ1n) is 10.5. The maximum atomic E-state index is 11.0. The Morgan fingerprint density at radius 2 is 1.91 bits per heavy atom. The van der Waals surface area contributed by atoms with E-state index in [1.54, 1.807) is 25.4 Å². The molecule has 34 heavy (non-hydrogen) atoms. The molecule has 0 radical (unpaired) electrons. The number of nitrogens with zero attached hydrogens (tertiary/aromatic N) is 3. The maximum absolute atomic E-state index is 11.0. The fourth-order valence-electron chi connectivity index (χ4n) is 4.10. The van der Waals surface area contributed by atoms with Gasteiger partial charge >= 0.3 is 0 Å². The fraction of sp³-hybridized carbons (Fsp3) is 0.120. The van der Waals surface area contributed by atoms with Gasteiger partial charge in [-0.1, -0.05) is 12.1 Å². The number of hydrogen-bond acceptors (Lipinski definition) is 6. The first kappa shape index (κ1) is 21.6. The number of non-ortho nitro benzene ring substituents is 1. The number of rotatable bonds is 6. The number of pyridine rings is 1. The van der Waals surface area contributed by atoms with E-state index < -0.39 is 4.92 Å². The van der Waals surface area contributed by atoms with Gasteiger partial charge in [-0.05, 0) is 60.7 Å². The van der Waals surface area contributed by atoms with Crippen LogP contribution in [0.3, 0.4) is 0 Å². The van der Waals surface area contributed by atoms with Gasteiger partial charge in [-0.2, -0.15) is 0 Å². The highest BCUT2D eigenvalue weighted by Gasteiger charge is 2.42. The predicted octanol–water partition coefficient (Wildman–Crippen LogP) is 5.44. The second-order valence-corrected chi connectivity index (χ2v) is 8.09. The minimum absolute atomic E-state index is 0.0280. The minimum Gasteiger partial charge on any atom is -0.497 e. The van der Waals surface area contributed by atoms with E-state index in [-0.39, 0.29) is 17.8 Å². The van der Waals surface area contributed by atoms with Crippen molar-refractivity contribution in [2.45, 2.75) is 12.1 Å². The molecule has 4 aromatic rings. The van der Waals surface area contributed by atoms with Gasteiger partial charge in [0.25, 0.3) is 5.69 Å². The van der Waals surface area contributed by atoms with Gasteiger partial charge in [0.15, 0.2) is 5.11 Å². The van der Waals surface area contributed by atoms with Gasteiger partial charge in [0.1, 0.15) is 23.3 Å². The molecule has 0 amide bonds. The zero-order chi connectivity index (χ0) is 23.7. The van der Waals surface area contributed by atoms with Crippen molar-refractivity contribution in [3.63, 3.8) is 0 Å². The van der Waals surface area contributed by atoms with Crippen molar-refractivity contribution < 1.29 is 14.1 Å². The van der Waals surface area contributed by atoms with Crippen molar-refractivity contribution in [2.24, 2.45) is 0 Å². The number of aromatic nitrogens is 1. The Morgan fingerprint density at radius 3 is 2.62 bits per heavy atom. The van der Waals surface area contributed by atoms with Gasteiger partial charge in [-0.15, -0.1) is 0 Å². The van der Waals surface area contributed by atoms with E-state index in [9.17, 15) is 10.1 Å². The minimum atomic E-state index is -0.425. The molecular formula is C25H20N4O4S. The van der Waals surface area contributed by atoms with Crippen molar-refractivity contribution in [3.05, 3.63) is 107 Å². The molecule has 0 bridgehead atoms. The summed E-state index contributed by atoms with van der Waals surface area (Å²) in [6, 6.07) is 22.9. The average Bonchev–Trinajstić information content (AvgIpc) is 3.49. The van der Waals surface area contributed by atoms with Gasteiger partial charge in [0.2, 0.25) is 0 Å². The molecule has 0 aliphatic carbocycles. The molecule has 0 saturated carbocycles. The molecule has 3 heterocycles. The lowest BCUT2D eigenvalue weighted by Crippen LogP contribution is -2.29. The van der Waals surface area contributed by atoms with Gasteiger partial charge in [0, 0.05) is 35.6 Å². The molecule has 1 aliphatic heterocycles. The molecule has 1 fully saturated rings. The lowest BCUT2D eigenvalue weighted by atomic mass is 10.0. The van der Waals surface area contributed by atoms with Crippen molar-refractivity contribution in [2.75, 3.05) is 12.0 Å². The topological polar surface area (TPSA) is 93.7 Å². The van der Waals surface area contributed by atoms with Crippen LogP contribution in [0.4, 0.5) is 11.4 Å². The number of hydrogen-bond donors (Lipinski definition) is 1. The number of thiocarbonyl (C=S) groups is 1. The third-order valence-corrected chi connectivity index (χ3v) is 6.03. The van der Waals surface area contributed by atoms with Crippen molar-refractivity contribution in [1.82, 2.24) is 10.3 Å². The molecule has 1 N–H and O–H groups in total. The highest BCUT2D eigenvalue weighted by Crippen LogP contribution is 2.43. The molecule has 5 rings (SSSR count). The van der Waals surface area contributed by atoms with E-state index >= 15 is 0 Å². The Labute approximate surface area is 201 Å². The zero-order valence-electron chi connectivity index (χ0n) is 18.1. The number of furan rings is 1. The molecule has 9 heteroatoms. The monoisotopic (exact) mass is 472 g/mol. The van der Waals surface area contributed by atoms with Gasteiger partial charge in [-0.3, -0.25) is 15.1 Å². The normalized spacial score (nSPS) is 17.4. The van der Waals surface area contributed by atoms with Crippen LogP contribution in [0.15, 0.2) is 89.5 Å². The summed E-state index contributed by atoms with van der Waals surface area (Å²) in [4.78, 5) is 17.1. The number of nitro benzene ring substituents is 1. The maximum Gasteiger partial charge on any atom is 0.269 e. The molecule has 2 aromatic heterocycles. The standard InChI is InChI=1S/C25H20N4O4S/c1-32-19-6-4-5-18(15-19)28-24(23(27-25(28)34)20-7-2-3-14-26-20)22-13-12-21(33-22)16-8-10-17(11-9-16)29(30)31/h2-15,23-24H,1H3,(H,27,34)/t23-,24-/m1/s1. The first-order chi connectivity index (χ1) is 16.5. The zero-order valence-corrected chi connectivity index (χ0v) is 18.9. The Kier molecular flexibility index (Phi) is 5.69. The van der Waals surface area contributed by atoms with Crippen LogP contribution in [0.1, 0.15) is 23.5 Å². The molecular weight excluding hydrogens is 452 g/mol. The van der Waals surface area contributed by atoms with Crippen LogP contribution in [-0.2, 0) is 0 Å². The molecule has 0 unspecified atom stereocenters. The summed E-state index contributed by atoms with van der Waals surface area (Å²) in [5, 5.41) is 14.9. The predicted molar refractivity (Wildman–Crippen MR) is 132 cm³/mol. The molecule has 1 aliphatic rings. The quantitative estimate of drug-likeness (QED) is 0.225. The summed E-state index contributed by atoms with van der Waals surface area (Å²) in [6.07, 6.45) is 1.75. The number of benzene rings is 2. The number of nitrogens with one attached hydrogen (secondary N) is 1. The fourth-order valence-corrected chi connectivity index (χ4v) is 4.44. The summed E-state index contributed by atoms with van der Waals surface area (Å²) < 4.78 is 11.7. The Bertz CT molecular complexity index is 1340. The van der Waals surface area contributed by atoms with E-state index in [0.717, 1.165) is 16.9 Å². The van der Waals surface area contributed by atoms with Crippen LogP contribution in [0.25, 0.3) is 11.3 Å². The summed E-state index contributed by atoms with van der Waals surface area (Å²) >= 11 is 5.74. The van der Waals surface area contributed by atoms with E-state index in [1.165, 1.54) is 12.1 Å². The van der Waals surface area contributed by atoms with E-state index in [0.29, 0.717) is 22.4 Å². The SMILES string of the molecule is COc1cccc(N2C(=S)N[C@H](c3ccccn3)[C@H]2c2ccc(-c3ccc([N+](=O)[O-])cc3)o2)c1. The summed E-state index contributed by atoms with van der Waals surface area (Å²) in [6.45, 7) is 0. The number of methoxy groups -OCH3 is 1. The van der Waals surface area contributed by atoms with Gasteiger partial charge in [-0.25, -0.2) is 0 Å². The summed E-state index contributed by atoms with van der Waals surface area (Å²) in [7, 11) is 1.62. The summed E-state index contributed by atoms with van der Waals surface area (Å²) in [5.74, 6) is 2.00. The molecule has 2 atom stereocenters. The lowest BCUT2D eigenvalue weighted by Gasteiger charge is -2.26. The van der Waals surface area contributed by atoms with Crippen LogP contribution in [-0.4, -0.2) is 22.1 Å². The van der Waals surface area contributed by atoms with Crippen LogP contribution < -0.4 is 15.0 Å². The van der Waals surface area contributed by atoms with Crippen LogP contribution in [0.5, 0.6) is 5.75 Å². The molecule has 1 saturated heterocycles. The van der Waals surface area contributed by atoms with Crippen molar-refractivity contribution in [3.8, 4) is 17.1 Å². The van der Waals surface area contributed by atoms with Gasteiger partial charge in [0.05, 0.1) is 23.8 Å². The lowest BCUT2D eigenvalue weighted by molar-refractivity contribution is -0.384. The smallest absolute Gasteiger partial charge is 0.269 e. The van der Waals surface area contributed by atoms with Crippen molar-refractivity contribution >= 4 is 28.7 Å². The van der Waals surface area contributed by atoms with Gasteiger partial charge < -0.3 is 19.4 Å². The number of anilines is 1. The third kappa shape index (κ3) is 3.97. The highest BCUT2D eigenvalue weighted by atomic mass is 32.1. The second-order valence-electron chi connectivity index (χ2n) is 7.70. The van der Waals surface area contributed by atoms with Crippen LogP contribution >= 0.6 is 12.2 Å². The Hall–Kier alpha value is -4.24. The molecule has 170 valence electrons. The summed E-state index contributed by atoms with van der Waals surface area (Å²) in [5.41, 5.74) is 2.45. The Balaban J connectivity index is 1.57. The van der Waals surface area contributed by atoms with Crippen molar-refractivity contribution in [1.29, 1.82) is 0 Å². The first-order valence-corrected chi connectivity index (χ1v) is 11.0. The third-order valence-electron chi connectivity index (χ3n) is 5.71. The number of nitro groups is 1. The Morgan fingerprint density at radius 1 is 1.09 bits per heavy atom. The van der Waals surface area contributed by atoms with E-state index in [4.69, 9.17) is 21.4 Å². The highest BCUT2D eigenvalue weighted by molar-refractivity contribution is 7.80. The molecule has 2 aromatic carbocycles. The molecule has 0 spiro atoms. The average molecular weight is 473 g/mol. The second kappa shape index (κ2) is 8.95. The van der Waals surface area contributed by atoms with Crippen LogP contribution in [0, 0.1) is 10.1 Å². The largest absolute Gasteiger partial charge is 0.497 e. The van der Waals surface area contributed by atoms with E-state index in [1.807, 2.05) is 59.5 Å². The number of ether oxygens (including phenoxy) is 1. The van der Waals surface area contributed by atoms with E-state index in [2.05, 4.69) is 10.3 Å².